The number of carbonyl (C=O) groups is 2. The summed E-state index contributed by atoms with van der Waals surface area (Å²) >= 11 is 0. The van der Waals surface area contributed by atoms with Gasteiger partial charge in [0.2, 0.25) is 5.91 Å². The molecule has 106 valence electrons. The topological polar surface area (TPSA) is 55.4 Å². The summed E-state index contributed by atoms with van der Waals surface area (Å²) in [4.78, 5) is 24.6. The zero-order valence-electron chi connectivity index (χ0n) is 11.6. The molecule has 2 aliphatic rings. The van der Waals surface area contributed by atoms with Crippen LogP contribution >= 0.6 is 0 Å². The van der Waals surface area contributed by atoms with Crippen molar-refractivity contribution >= 4 is 11.7 Å². The first-order valence-corrected chi connectivity index (χ1v) is 7.20. The maximum atomic E-state index is 12.5. The van der Waals surface area contributed by atoms with Gasteiger partial charge < -0.3 is 10.1 Å². The van der Waals surface area contributed by atoms with Crippen LogP contribution in [0.2, 0.25) is 0 Å². The summed E-state index contributed by atoms with van der Waals surface area (Å²) < 4.78 is 5.61. The molecule has 1 aliphatic carbocycles. The molecule has 1 aromatic rings. The highest BCUT2D eigenvalue weighted by Gasteiger charge is 2.36. The molecule has 1 aromatic carbocycles. The Balaban J connectivity index is 1.67. The summed E-state index contributed by atoms with van der Waals surface area (Å²) in [5, 5.41) is 2.94. The first-order chi connectivity index (χ1) is 9.66. The van der Waals surface area contributed by atoms with Crippen molar-refractivity contribution in [1.29, 1.82) is 0 Å². The lowest BCUT2D eigenvalue weighted by molar-refractivity contribution is -0.126. The third-order valence-corrected chi connectivity index (χ3v) is 4.19. The van der Waals surface area contributed by atoms with Crippen molar-refractivity contribution in [1.82, 2.24) is 5.32 Å². The number of ether oxygens (including phenoxy) is 1. The fourth-order valence-electron chi connectivity index (χ4n) is 2.53. The standard InChI is InChI=1S/C16H19NO3/c1-10(16(19)17-8-11-6-7-11)13-9-20-14-5-3-2-4-12(14)15(13)18/h2-5,10-11,13H,6-9H2,1H3,(H,17,19). The zero-order chi connectivity index (χ0) is 14.1. The third-order valence-electron chi connectivity index (χ3n) is 4.19. The quantitative estimate of drug-likeness (QED) is 0.913. The van der Waals surface area contributed by atoms with E-state index >= 15 is 0 Å². The van der Waals surface area contributed by atoms with Crippen LogP contribution in [0.5, 0.6) is 5.75 Å². The molecule has 2 atom stereocenters. The molecular weight excluding hydrogens is 254 g/mol. The van der Waals surface area contributed by atoms with Crippen molar-refractivity contribution in [2.24, 2.45) is 17.8 Å². The van der Waals surface area contributed by atoms with Crippen LogP contribution in [0.4, 0.5) is 0 Å². The van der Waals surface area contributed by atoms with Crippen LogP contribution in [0, 0.1) is 17.8 Å². The van der Waals surface area contributed by atoms with Gasteiger partial charge in [-0.2, -0.15) is 0 Å². The number of ketones is 1. The van der Waals surface area contributed by atoms with E-state index in [0.29, 0.717) is 17.2 Å². The van der Waals surface area contributed by atoms with Gasteiger partial charge in [0.05, 0.1) is 18.1 Å². The van der Waals surface area contributed by atoms with Crippen molar-refractivity contribution in [3.8, 4) is 5.75 Å². The highest BCUT2D eigenvalue weighted by atomic mass is 16.5. The van der Waals surface area contributed by atoms with Gasteiger partial charge in [-0.3, -0.25) is 9.59 Å². The van der Waals surface area contributed by atoms with Gasteiger partial charge >= 0.3 is 0 Å². The second-order valence-corrected chi connectivity index (χ2v) is 5.76. The molecule has 20 heavy (non-hydrogen) atoms. The molecule has 1 fully saturated rings. The Morgan fingerprint density at radius 3 is 2.90 bits per heavy atom. The van der Waals surface area contributed by atoms with E-state index in [1.807, 2.05) is 19.1 Å². The summed E-state index contributed by atoms with van der Waals surface area (Å²) in [7, 11) is 0. The number of amides is 1. The van der Waals surface area contributed by atoms with Crippen LogP contribution in [-0.4, -0.2) is 24.8 Å². The Bertz CT molecular complexity index is 536. The molecule has 0 spiro atoms. The Labute approximate surface area is 118 Å². The van der Waals surface area contributed by atoms with Gasteiger partial charge in [0, 0.05) is 12.5 Å². The average molecular weight is 273 g/mol. The maximum Gasteiger partial charge on any atom is 0.223 e. The third kappa shape index (κ3) is 2.55. The number of benzene rings is 1. The Morgan fingerprint density at radius 1 is 1.40 bits per heavy atom. The molecule has 0 saturated heterocycles. The van der Waals surface area contributed by atoms with E-state index in [4.69, 9.17) is 4.74 Å². The number of para-hydroxylation sites is 1. The molecular formula is C16H19NO3. The summed E-state index contributed by atoms with van der Waals surface area (Å²) in [6.07, 6.45) is 2.40. The first kappa shape index (κ1) is 13.2. The van der Waals surface area contributed by atoms with Gasteiger partial charge in [-0.05, 0) is 30.9 Å². The minimum Gasteiger partial charge on any atom is -0.492 e. The predicted molar refractivity (Wildman–Crippen MR) is 74.7 cm³/mol. The fraction of sp³-hybridized carbons (Fsp3) is 0.500. The minimum atomic E-state index is -0.385. The largest absolute Gasteiger partial charge is 0.492 e. The van der Waals surface area contributed by atoms with Crippen molar-refractivity contribution in [2.75, 3.05) is 13.2 Å². The molecule has 0 bridgehead atoms. The first-order valence-electron chi connectivity index (χ1n) is 7.20. The fourth-order valence-corrected chi connectivity index (χ4v) is 2.53. The smallest absolute Gasteiger partial charge is 0.223 e. The van der Waals surface area contributed by atoms with Crippen LogP contribution in [-0.2, 0) is 4.79 Å². The number of hydrogen-bond acceptors (Lipinski definition) is 3. The van der Waals surface area contributed by atoms with E-state index in [1.54, 1.807) is 12.1 Å². The normalized spacial score (nSPS) is 22.6. The van der Waals surface area contributed by atoms with Crippen LogP contribution in [0.25, 0.3) is 0 Å². The van der Waals surface area contributed by atoms with Crippen LogP contribution in [0.3, 0.4) is 0 Å². The summed E-state index contributed by atoms with van der Waals surface area (Å²) in [6, 6.07) is 7.22. The van der Waals surface area contributed by atoms with Crippen LogP contribution in [0.1, 0.15) is 30.1 Å². The molecule has 4 nitrogen and oxygen atoms in total. The predicted octanol–water partition coefficient (Wildman–Crippen LogP) is 2.04. The highest BCUT2D eigenvalue weighted by Crippen LogP contribution is 2.31. The van der Waals surface area contributed by atoms with Crippen molar-refractivity contribution in [2.45, 2.75) is 19.8 Å². The Kier molecular flexibility index (Phi) is 3.47. The lowest BCUT2D eigenvalue weighted by atomic mass is 9.85. The van der Waals surface area contributed by atoms with E-state index in [0.717, 1.165) is 6.54 Å². The van der Waals surface area contributed by atoms with E-state index in [-0.39, 0.29) is 30.1 Å². The number of hydrogen-bond donors (Lipinski definition) is 1. The summed E-state index contributed by atoms with van der Waals surface area (Å²) in [6.45, 7) is 2.83. The van der Waals surface area contributed by atoms with Gasteiger partial charge in [0.15, 0.2) is 5.78 Å². The summed E-state index contributed by atoms with van der Waals surface area (Å²) in [5.74, 6) is 0.502. The van der Waals surface area contributed by atoms with E-state index in [9.17, 15) is 9.59 Å². The second kappa shape index (κ2) is 5.27. The number of nitrogens with one attached hydrogen (secondary N) is 1. The highest BCUT2D eigenvalue weighted by molar-refractivity contribution is 6.03. The average Bonchev–Trinajstić information content (AvgIpc) is 3.29. The van der Waals surface area contributed by atoms with Gasteiger partial charge in [-0.25, -0.2) is 0 Å². The van der Waals surface area contributed by atoms with E-state index in [1.165, 1.54) is 12.8 Å². The number of Topliss-reactive ketones (excluding diaryl/α,β-unsaturated/α-hetero) is 1. The molecule has 0 radical (unpaired) electrons. The minimum absolute atomic E-state index is 0.0147. The van der Waals surface area contributed by atoms with Gasteiger partial charge in [0.1, 0.15) is 5.75 Å². The van der Waals surface area contributed by atoms with Crippen LogP contribution < -0.4 is 10.1 Å². The molecule has 0 aromatic heterocycles. The Morgan fingerprint density at radius 2 is 2.15 bits per heavy atom. The van der Waals surface area contributed by atoms with Crippen LogP contribution in [0.15, 0.2) is 24.3 Å². The second-order valence-electron chi connectivity index (χ2n) is 5.76. The van der Waals surface area contributed by atoms with Gasteiger partial charge in [0.25, 0.3) is 0 Å². The van der Waals surface area contributed by atoms with Crippen molar-refractivity contribution in [3.63, 3.8) is 0 Å². The molecule has 1 heterocycles. The number of carbonyl (C=O) groups excluding carboxylic acids is 2. The molecule has 1 saturated carbocycles. The molecule has 2 unspecified atom stereocenters. The van der Waals surface area contributed by atoms with E-state index in [2.05, 4.69) is 5.32 Å². The lowest BCUT2D eigenvalue weighted by Gasteiger charge is -2.27. The van der Waals surface area contributed by atoms with Gasteiger partial charge in [-0.15, -0.1) is 0 Å². The molecule has 1 aliphatic heterocycles. The molecule has 1 N–H and O–H groups in total. The monoisotopic (exact) mass is 273 g/mol. The number of rotatable bonds is 4. The zero-order valence-corrected chi connectivity index (χ0v) is 11.6. The molecule has 4 heteroatoms. The van der Waals surface area contributed by atoms with Gasteiger partial charge in [-0.1, -0.05) is 19.1 Å². The maximum absolute atomic E-state index is 12.5. The summed E-state index contributed by atoms with van der Waals surface area (Å²) in [5.41, 5.74) is 0.589. The molecule has 1 amide bonds. The van der Waals surface area contributed by atoms with Crippen molar-refractivity contribution < 1.29 is 14.3 Å². The number of fused-ring (bicyclic) bond motifs is 1. The Hall–Kier alpha value is -1.84. The van der Waals surface area contributed by atoms with E-state index < -0.39 is 0 Å². The van der Waals surface area contributed by atoms with Crippen molar-refractivity contribution in [3.05, 3.63) is 29.8 Å². The lowest BCUT2D eigenvalue weighted by Crippen LogP contribution is -2.41. The molecule has 3 rings (SSSR count). The SMILES string of the molecule is CC(C(=O)NCC1CC1)C1COc2ccccc2C1=O.